The summed E-state index contributed by atoms with van der Waals surface area (Å²) in [5, 5.41) is 0. The van der Waals surface area contributed by atoms with Crippen LogP contribution in [0.15, 0.2) is 0 Å². The number of carbonyl (C=O) groups is 2. The lowest BCUT2D eigenvalue weighted by Gasteiger charge is -2.20. The van der Waals surface area contributed by atoms with Gasteiger partial charge < -0.3 is 10.5 Å². The van der Waals surface area contributed by atoms with E-state index in [-0.39, 0.29) is 5.97 Å². The number of amides is 1. The highest BCUT2D eigenvalue weighted by Crippen LogP contribution is 2.20. The summed E-state index contributed by atoms with van der Waals surface area (Å²) >= 11 is 0. The first-order valence-corrected chi connectivity index (χ1v) is 5.04. The van der Waals surface area contributed by atoms with E-state index in [0.717, 1.165) is 0 Å². The van der Waals surface area contributed by atoms with Gasteiger partial charge in [0.25, 0.3) is 0 Å². The van der Waals surface area contributed by atoms with Crippen molar-refractivity contribution < 1.29 is 14.3 Å². The molecule has 2 unspecified atom stereocenters. The number of esters is 1. The van der Waals surface area contributed by atoms with Gasteiger partial charge in [-0.05, 0) is 19.8 Å². The molecule has 0 fully saturated rings. The van der Waals surface area contributed by atoms with Crippen molar-refractivity contribution in [3.05, 3.63) is 0 Å². The molecule has 0 bridgehead atoms. The van der Waals surface area contributed by atoms with Crippen LogP contribution in [-0.2, 0) is 14.3 Å². The zero-order valence-corrected chi connectivity index (χ0v) is 9.08. The summed E-state index contributed by atoms with van der Waals surface area (Å²) in [6.07, 6.45) is 1.16. The smallest absolute Gasteiger partial charge is 0.309 e. The highest BCUT2D eigenvalue weighted by molar-refractivity contribution is 5.84. The second-order valence-corrected chi connectivity index (χ2v) is 3.18. The first-order valence-electron chi connectivity index (χ1n) is 5.04. The number of hydrogen-bond acceptors (Lipinski definition) is 3. The van der Waals surface area contributed by atoms with Crippen LogP contribution in [0.2, 0.25) is 0 Å². The fourth-order valence-electron chi connectivity index (χ4n) is 1.55. The van der Waals surface area contributed by atoms with Crippen LogP contribution >= 0.6 is 0 Å². The lowest BCUT2D eigenvalue weighted by Crippen LogP contribution is -2.34. The van der Waals surface area contributed by atoms with Crippen molar-refractivity contribution in [3.63, 3.8) is 0 Å². The summed E-state index contributed by atoms with van der Waals surface area (Å²) in [6.45, 7) is 5.78. The Morgan fingerprint density at radius 2 is 1.64 bits per heavy atom. The van der Waals surface area contributed by atoms with E-state index in [4.69, 9.17) is 10.5 Å². The normalized spacial score (nSPS) is 14.5. The Morgan fingerprint density at radius 1 is 1.14 bits per heavy atom. The summed E-state index contributed by atoms with van der Waals surface area (Å²) in [5.41, 5.74) is 5.21. The summed E-state index contributed by atoms with van der Waals surface area (Å²) in [5.74, 6) is -1.54. The lowest BCUT2D eigenvalue weighted by atomic mass is 9.87. The van der Waals surface area contributed by atoms with Crippen LogP contribution in [0.5, 0.6) is 0 Å². The molecule has 0 aromatic carbocycles. The second kappa shape index (κ2) is 6.40. The van der Waals surface area contributed by atoms with Crippen molar-refractivity contribution in [2.75, 3.05) is 6.61 Å². The molecule has 2 N–H and O–H groups in total. The molecule has 2 atom stereocenters. The Bertz CT molecular complexity index is 204. The van der Waals surface area contributed by atoms with E-state index in [9.17, 15) is 9.59 Å². The molecule has 82 valence electrons. The van der Waals surface area contributed by atoms with Gasteiger partial charge in [0.15, 0.2) is 0 Å². The number of nitrogens with two attached hydrogens (primary N) is 1. The minimum absolute atomic E-state index is 0.319. The Kier molecular flexibility index (Phi) is 5.92. The van der Waals surface area contributed by atoms with Gasteiger partial charge in [-0.3, -0.25) is 9.59 Å². The number of primary amides is 1. The first-order chi connectivity index (χ1) is 6.58. The quantitative estimate of drug-likeness (QED) is 0.654. The van der Waals surface area contributed by atoms with Crippen molar-refractivity contribution in [2.45, 2.75) is 33.6 Å². The van der Waals surface area contributed by atoms with E-state index in [2.05, 4.69) is 0 Å². The molecule has 0 heterocycles. The third-order valence-electron chi connectivity index (χ3n) is 2.32. The van der Waals surface area contributed by atoms with Gasteiger partial charge in [0.2, 0.25) is 5.91 Å². The third kappa shape index (κ3) is 3.36. The van der Waals surface area contributed by atoms with E-state index in [0.29, 0.717) is 19.4 Å². The number of hydrogen-bond donors (Lipinski definition) is 1. The van der Waals surface area contributed by atoms with Gasteiger partial charge in [-0.2, -0.15) is 0 Å². The molecular formula is C10H19NO3. The zero-order chi connectivity index (χ0) is 11.1. The molecule has 4 heteroatoms. The van der Waals surface area contributed by atoms with E-state index in [1.807, 2.05) is 13.8 Å². The molecule has 0 rings (SSSR count). The zero-order valence-electron chi connectivity index (χ0n) is 9.08. The summed E-state index contributed by atoms with van der Waals surface area (Å²) in [6, 6.07) is 0. The molecule has 0 spiro atoms. The Morgan fingerprint density at radius 3 is 1.93 bits per heavy atom. The van der Waals surface area contributed by atoms with Crippen molar-refractivity contribution in [3.8, 4) is 0 Å². The van der Waals surface area contributed by atoms with Gasteiger partial charge in [0, 0.05) is 0 Å². The average Bonchev–Trinajstić information content (AvgIpc) is 2.13. The predicted molar refractivity (Wildman–Crippen MR) is 53.4 cm³/mol. The Hall–Kier alpha value is -1.06. The molecule has 0 aliphatic carbocycles. The SMILES string of the molecule is CCOC(=O)C(CC)C(CC)C(N)=O. The van der Waals surface area contributed by atoms with Crippen LogP contribution in [0, 0.1) is 11.8 Å². The highest BCUT2D eigenvalue weighted by atomic mass is 16.5. The standard InChI is InChI=1S/C10H19NO3/c1-4-7(9(11)12)8(5-2)10(13)14-6-3/h7-8H,4-6H2,1-3H3,(H2,11,12). The van der Waals surface area contributed by atoms with Crippen molar-refractivity contribution >= 4 is 11.9 Å². The minimum Gasteiger partial charge on any atom is -0.466 e. The Balaban J connectivity index is 4.50. The maximum Gasteiger partial charge on any atom is 0.309 e. The number of rotatable bonds is 6. The molecule has 0 aliphatic rings. The summed E-state index contributed by atoms with van der Waals surface area (Å²) in [4.78, 5) is 22.5. The van der Waals surface area contributed by atoms with Crippen LogP contribution in [0.25, 0.3) is 0 Å². The predicted octanol–water partition coefficient (Wildman–Crippen LogP) is 1.09. The van der Waals surface area contributed by atoms with Crippen LogP contribution < -0.4 is 5.73 Å². The van der Waals surface area contributed by atoms with Gasteiger partial charge in [-0.1, -0.05) is 13.8 Å². The van der Waals surface area contributed by atoms with E-state index < -0.39 is 17.7 Å². The fourth-order valence-corrected chi connectivity index (χ4v) is 1.55. The largest absolute Gasteiger partial charge is 0.466 e. The van der Waals surface area contributed by atoms with Crippen LogP contribution in [0.4, 0.5) is 0 Å². The van der Waals surface area contributed by atoms with Gasteiger partial charge in [0.05, 0.1) is 18.4 Å². The average molecular weight is 201 g/mol. The number of ether oxygens (including phenoxy) is 1. The maximum absolute atomic E-state index is 11.4. The van der Waals surface area contributed by atoms with Gasteiger partial charge in [-0.15, -0.1) is 0 Å². The van der Waals surface area contributed by atoms with E-state index in [1.165, 1.54) is 0 Å². The monoisotopic (exact) mass is 201 g/mol. The van der Waals surface area contributed by atoms with Crippen molar-refractivity contribution in [2.24, 2.45) is 17.6 Å². The second-order valence-electron chi connectivity index (χ2n) is 3.18. The maximum atomic E-state index is 11.4. The lowest BCUT2D eigenvalue weighted by molar-refractivity contribution is -0.152. The number of carbonyl (C=O) groups excluding carboxylic acids is 2. The van der Waals surface area contributed by atoms with Crippen LogP contribution in [0.1, 0.15) is 33.6 Å². The van der Waals surface area contributed by atoms with Crippen molar-refractivity contribution in [1.82, 2.24) is 0 Å². The molecule has 0 aromatic heterocycles. The molecular weight excluding hydrogens is 182 g/mol. The van der Waals surface area contributed by atoms with Crippen LogP contribution in [-0.4, -0.2) is 18.5 Å². The van der Waals surface area contributed by atoms with Crippen molar-refractivity contribution in [1.29, 1.82) is 0 Å². The molecule has 0 aromatic rings. The van der Waals surface area contributed by atoms with E-state index >= 15 is 0 Å². The molecule has 0 saturated heterocycles. The van der Waals surface area contributed by atoms with E-state index in [1.54, 1.807) is 6.92 Å². The molecule has 14 heavy (non-hydrogen) atoms. The summed E-state index contributed by atoms with van der Waals surface area (Å²) < 4.78 is 4.88. The van der Waals surface area contributed by atoms with Gasteiger partial charge >= 0.3 is 5.97 Å². The molecule has 0 saturated carbocycles. The topological polar surface area (TPSA) is 69.4 Å². The molecule has 0 aliphatic heterocycles. The first kappa shape index (κ1) is 12.9. The highest BCUT2D eigenvalue weighted by Gasteiger charge is 2.30. The summed E-state index contributed by atoms with van der Waals surface area (Å²) in [7, 11) is 0. The fraction of sp³-hybridized carbons (Fsp3) is 0.800. The molecule has 1 amide bonds. The van der Waals surface area contributed by atoms with Gasteiger partial charge in [-0.25, -0.2) is 0 Å². The molecule has 0 radical (unpaired) electrons. The minimum atomic E-state index is -0.424. The molecule has 4 nitrogen and oxygen atoms in total. The third-order valence-corrected chi connectivity index (χ3v) is 2.32. The van der Waals surface area contributed by atoms with Gasteiger partial charge in [0.1, 0.15) is 0 Å². The Labute approximate surface area is 84.8 Å². The van der Waals surface area contributed by atoms with Crippen LogP contribution in [0.3, 0.4) is 0 Å².